The highest BCUT2D eigenvalue weighted by Crippen LogP contribution is 2.25. The van der Waals surface area contributed by atoms with Crippen molar-refractivity contribution >= 4 is 17.2 Å². The molecule has 0 aliphatic carbocycles. The molecule has 4 heteroatoms. The lowest BCUT2D eigenvalue weighted by Crippen LogP contribution is -2.36. The van der Waals surface area contributed by atoms with Gasteiger partial charge in [0.2, 0.25) is 0 Å². The Morgan fingerprint density at radius 2 is 1.95 bits per heavy atom. The topological polar surface area (TPSA) is 38.5 Å². The minimum Gasteiger partial charge on any atom is -0.393 e. The van der Waals surface area contributed by atoms with Gasteiger partial charge in [0, 0.05) is 32.7 Å². The summed E-state index contributed by atoms with van der Waals surface area (Å²) in [6.07, 6.45) is 0.704. The lowest BCUT2D eigenvalue weighted by Gasteiger charge is -2.33. The first-order valence-corrected chi connectivity index (χ1v) is 7.51. The minimum atomic E-state index is 0.228. The van der Waals surface area contributed by atoms with Gasteiger partial charge < -0.3 is 10.5 Å². The number of thiocarbonyl (C=S) groups is 1. The van der Waals surface area contributed by atoms with Crippen molar-refractivity contribution in [2.45, 2.75) is 26.3 Å². The molecule has 1 aromatic carbocycles. The van der Waals surface area contributed by atoms with E-state index in [0.29, 0.717) is 23.9 Å². The summed E-state index contributed by atoms with van der Waals surface area (Å²) in [4.78, 5) is 2.98. The van der Waals surface area contributed by atoms with Gasteiger partial charge in [0.1, 0.15) is 0 Å². The summed E-state index contributed by atoms with van der Waals surface area (Å²) in [6.45, 7) is 7.06. The summed E-state index contributed by atoms with van der Waals surface area (Å²) in [5.74, 6) is 0.587. The maximum atomic E-state index is 5.80. The van der Waals surface area contributed by atoms with Crippen molar-refractivity contribution in [2.24, 2.45) is 11.7 Å². The molecule has 0 heterocycles. The summed E-state index contributed by atoms with van der Waals surface area (Å²) < 4.78 is 5.24. The fraction of sp³-hybridized carbons (Fsp3) is 0.562. The number of nitrogens with zero attached hydrogens (tertiary/aromatic N) is 1. The molecule has 112 valence electrons. The van der Waals surface area contributed by atoms with Crippen molar-refractivity contribution in [1.82, 2.24) is 4.90 Å². The normalized spacial score (nSPS) is 12.8. The van der Waals surface area contributed by atoms with E-state index in [9.17, 15) is 0 Å². The fourth-order valence-electron chi connectivity index (χ4n) is 2.38. The molecule has 0 aromatic heterocycles. The van der Waals surface area contributed by atoms with Crippen LogP contribution in [-0.2, 0) is 4.74 Å². The van der Waals surface area contributed by atoms with E-state index in [1.807, 2.05) is 6.07 Å². The Balaban J connectivity index is 2.94. The van der Waals surface area contributed by atoms with Crippen LogP contribution in [0.15, 0.2) is 30.3 Å². The summed E-state index contributed by atoms with van der Waals surface area (Å²) in [5, 5.41) is 0. The lowest BCUT2D eigenvalue weighted by molar-refractivity contribution is 0.111. The number of nitrogens with two attached hydrogens (primary N) is 1. The Kier molecular flexibility index (Phi) is 7.73. The Labute approximate surface area is 128 Å². The average molecular weight is 294 g/mol. The molecule has 3 nitrogen and oxygen atoms in total. The number of methoxy groups -OCH3 is 1. The van der Waals surface area contributed by atoms with E-state index in [1.165, 1.54) is 5.56 Å². The molecule has 1 unspecified atom stereocenters. The first kappa shape index (κ1) is 17.1. The summed E-state index contributed by atoms with van der Waals surface area (Å²) in [7, 11) is 1.73. The number of hydrogen-bond donors (Lipinski definition) is 1. The molecule has 0 aliphatic heterocycles. The molecule has 0 fully saturated rings. The van der Waals surface area contributed by atoms with Gasteiger partial charge in [-0.05, 0) is 11.5 Å². The van der Waals surface area contributed by atoms with Crippen LogP contribution in [0.5, 0.6) is 0 Å². The van der Waals surface area contributed by atoms with Gasteiger partial charge in [-0.1, -0.05) is 56.4 Å². The second-order valence-corrected chi connectivity index (χ2v) is 6.00. The van der Waals surface area contributed by atoms with Crippen molar-refractivity contribution in [3.63, 3.8) is 0 Å². The predicted octanol–water partition coefficient (Wildman–Crippen LogP) is 3.01. The zero-order valence-corrected chi connectivity index (χ0v) is 13.5. The molecular weight excluding hydrogens is 268 g/mol. The molecule has 20 heavy (non-hydrogen) atoms. The number of hydrogen-bond acceptors (Lipinski definition) is 3. The van der Waals surface area contributed by atoms with E-state index in [-0.39, 0.29) is 6.04 Å². The van der Waals surface area contributed by atoms with Crippen molar-refractivity contribution in [2.75, 3.05) is 26.8 Å². The molecule has 1 rings (SSSR count). The van der Waals surface area contributed by atoms with Gasteiger partial charge >= 0.3 is 0 Å². The van der Waals surface area contributed by atoms with E-state index < -0.39 is 0 Å². The zero-order valence-electron chi connectivity index (χ0n) is 12.7. The molecule has 1 aromatic rings. The third-order valence-electron chi connectivity index (χ3n) is 3.20. The molecule has 0 bridgehead atoms. The molecule has 0 radical (unpaired) electrons. The number of benzene rings is 1. The number of ether oxygens (including phenoxy) is 1. The highest BCUT2D eigenvalue weighted by molar-refractivity contribution is 7.80. The molecule has 0 saturated carbocycles. The minimum absolute atomic E-state index is 0.228. The highest BCUT2D eigenvalue weighted by atomic mass is 32.1. The molecule has 0 aliphatic rings. The predicted molar refractivity (Wildman–Crippen MR) is 88.9 cm³/mol. The average Bonchev–Trinajstić information content (AvgIpc) is 2.41. The highest BCUT2D eigenvalue weighted by Gasteiger charge is 2.21. The van der Waals surface area contributed by atoms with E-state index in [0.717, 1.165) is 13.1 Å². The standard InChI is InChI=1S/C16H26N2OS/c1-13(2)12-18(9-10-19-3)15(11-16(17)20)14-7-5-4-6-8-14/h4-8,13,15H,9-12H2,1-3H3,(H2,17,20). The van der Waals surface area contributed by atoms with Crippen LogP contribution < -0.4 is 5.73 Å². The maximum absolute atomic E-state index is 5.80. The van der Waals surface area contributed by atoms with Crippen LogP contribution in [-0.4, -0.2) is 36.7 Å². The van der Waals surface area contributed by atoms with Crippen LogP contribution in [0.25, 0.3) is 0 Å². The van der Waals surface area contributed by atoms with Crippen molar-refractivity contribution < 1.29 is 4.74 Å². The monoisotopic (exact) mass is 294 g/mol. The first-order valence-electron chi connectivity index (χ1n) is 7.10. The summed E-state index contributed by atoms with van der Waals surface area (Å²) in [6, 6.07) is 10.7. The Hall–Kier alpha value is -0.970. The van der Waals surface area contributed by atoms with Crippen LogP contribution in [0.1, 0.15) is 31.9 Å². The Morgan fingerprint density at radius 3 is 2.45 bits per heavy atom. The van der Waals surface area contributed by atoms with E-state index in [2.05, 4.69) is 43.0 Å². The van der Waals surface area contributed by atoms with E-state index in [1.54, 1.807) is 7.11 Å². The SMILES string of the molecule is COCCN(CC(C)C)C(CC(N)=S)c1ccccc1. The van der Waals surface area contributed by atoms with Crippen LogP contribution in [0.4, 0.5) is 0 Å². The first-order chi connectivity index (χ1) is 9.54. The third kappa shape index (κ3) is 5.99. The van der Waals surface area contributed by atoms with Crippen molar-refractivity contribution in [3.05, 3.63) is 35.9 Å². The maximum Gasteiger partial charge on any atom is 0.0746 e. The second kappa shape index (κ2) is 9.06. The smallest absolute Gasteiger partial charge is 0.0746 e. The van der Waals surface area contributed by atoms with Crippen LogP contribution in [0.2, 0.25) is 0 Å². The zero-order chi connectivity index (χ0) is 15.0. The van der Waals surface area contributed by atoms with Gasteiger partial charge in [-0.2, -0.15) is 0 Å². The van der Waals surface area contributed by atoms with Crippen LogP contribution in [0, 0.1) is 5.92 Å². The molecule has 0 amide bonds. The van der Waals surface area contributed by atoms with Gasteiger partial charge in [0.25, 0.3) is 0 Å². The fourth-order valence-corrected chi connectivity index (χ4v) is 2.53. The van der Waals surface area contributed by atoms with Crippen LogP contribution >= 0.6 is 12.2 Å². The second-order valence-electron chi connectivity index (χ2n) is 5.48. The van der Waals surface area contributed by atoms with E-state index in [4.69, 9.17) is 22.7 Å². The largest absolute Gasteiger partial charge is 0.393 e. The Morgan fingerprint density at radius 1 is 1.30 bits per heavy atom. The van der Waals surface area contributed by atoms with Crippen molar-refractivity contribution in [1.29, 1.82) is 0 Å². The molecular formula is C16H26N2OS. The lowest BCUT2D eigenvalue weighted by atomic mass is 10.0. The number of rotatable bonds is 9. The van der Waals surface area contributed by atoms with Gasteiger partial charge in [0.15, 0.2) is 0 Å². The third-order valence-corrected chi connectivity index (χ3v) is 3.37. The quantitative estimate of drug-likeness (QED) is 0.711. The van der Waals surface area contributed by atoms with Crippen LogP contribution in [0.3, 0.4) is 0 Å². The molecule has 0 saturated heterocycles. The van der Waals surface area contributed by atoms with Gasteiger partial charge in [0.05, 0.1) is 11.6 Å². The Bertz CT molecular complexity index is 395. The molecule has 0 spiro atoms. The summed E-state index contributed by atoms with van der Waals surface area (Å²) >= 11 is 5.14. The van der Waals surface area contributed by atoms with Crippen molar-refractivity contribution in [3.8, 4) is 0 Å². The summed E-state index contributed by atoms with van der Waals surface area (Å²) in [5.41, 5.74) is 7.06. The van der Waals surface area contributed by atoms with Gasteiger partial charge in [-0.15, -0.1) is 0 Å². The molecule has 1 atom stereocenters. The molecule has 2 N–H and O–H groups in total. The van der Waals surface area contributed by atoms with Gasteiger partial charge in [-0.3, -0.25) is 4.90 Å². The van der Waals surface area contributed by atoms with E-state index >= 15 is 0 Å². The van der Waals surface area contributed by atoms with Gasteiger partial charge in [-0.25, -0.2) is 0 Å².